The number of nitrogens with one attached hydrogen (secondary N) is 1. The summed E-state index contributed by atoms with van der Waals surface area (Å²) >= 11 is 1.91. The molecular formula is C16H27NS. The first kappa shape index (κ1) is 14.1. The minimum Gasteiger partial charge on any atom is -0.309 e. The van der Waals surface area contributed by atoms with E-state index in [-0.39, 0.29) is 0 Å². The molecule has 0 bridgehead atoms. The van der Waals surface area contributed by atoms with Crippen molar-refractivity contribution in [2.45, 2.75) is 71.4 Å². The average molecular weight is 265 g/mol. The molecule has 1 aliphatic carbocycles. The van der Waals surface area contributed by atoms with Crippen LogP contribution in [0, 0.1) is 5.92 Å². The second kappa shape index (κ2) is 7.30. The van der Waals surface area contributed by atoms with E-state index >= 15 is 0 Å². The standard InChI is InChI=1S/C16H27NS/c1-3-13-6-5-7-15(9-8-13)17-12-16-14(4-2)10-11-18-16/h10-11,13,15,17H,3-9,12H2,1-2H3. The van der Waals surface area contributed by atoms with Gasteiger partial charge in [-0.3, -0.25) is 0 Å². The molecule has 0 aliphatic heterocycles. The molecule has 102 valence electrons. The summed E-state index contributed by atoms with van der Waals surface area (Å²) in [6.07, 6.45) is 9.60. The Kier molecular flexibility index (Phi) is 5.71. The van der Waals surface area contributed by atoms with Gasteiger partial charge in [0.2, 0.25) is 0 Å². The van der Waals surface area contributed by atoms with Gasteiger partial charge in [-0.15, -0.1) is 11.3 Å². The molecule has 1 saturated carbocycles. The smallest absolute Gasteiger partial charge is 0.0305 e. The third kappa shape index (κ3) is 3.83. The predicted octanol–water partition coefficient (Wildman–Crippen LogP) is 4.76. The predicted molar refractivity (Wildman–Crippen MR) is 81.2 cm³/mol. The first-order valence-electron chi connectivity index (χ1n) is 7.62. The molecule has 0 radical (unpaired) electrons. The number of hydrogen-bond acceptors (Lipinski definition) is 2. The Morgan fingerprint density at radius 2 is 2.11 bits per heavy atom. The van der Waals surface area contributed by atoms with Crippen molar-refractivity contribution < 1.29 is 0 Å². The van der Waals surface area contributed by atoms with Gasteiger partial charge in [0.05, 0.1) is 0 Å². The summed E-state index contributed by atoms with van der Waals surface area (Å²) in [5, 5.41) is 6.03. The Morgan fingerprint density at radius 3 is 2.89 bits per heavy atom. The van der Waals surface area contributed by atoms with E-state index in [0.717, 1.165) is 18.5 Å². The molecule has 1 aromatic heterocycles. The van der Waals surface area contributed by atoms with Crippen molar-refractivity contribution in [2.75, 3.05) is 0 Å². The van der Waals surface area contributed by atoms with Crippen LogP contribution < -0.4 is 5.32 Å². The van der Waals surface area contributed by atoms with Crippen molar-refractivity contribution in [2.24, 2.45) is 5.92 Å². The minimum absolute atomic E-state index is 0.758. The lowest BCUT2D eigenvalue weighted by atomic mass is 9.98. The van der Waals surface area contributed by atoms with Crippen molar-refractivity contribution in [1.82, 2.24) is 5.32 Å². The summed E-state index contributed by atoms with van der Waals surface area (Å²) in [6.45, 7) is 5.68. The van der Waals surface area contributed by atoms with Crippen LogP contribution in [0.25, 0.3) is 0 Å². The first-order valence-corrected chi connectivity index (χ1v) is 8.50. The van der Waals surface area contributed by atoms with E-state index in [1.165, 1.54) is 50.5 Å². The maximum atomic E-state index is 3.79. The molecule has 18 heavy (non-hydrogen) atoms. The number of hydrogen-bond donors (Lipinski definition) is 1. The van der Waals surface area contributed by atoms with Crippen molar-refractivity contribution in [3.8, 4) is 0 Å². The summed E-state index contributed by atoms with van der Waals surface area (Å²) in [5.74, 6) is 0.991. The number of aryl methyl sites for hydroxylation is 1. The van der Waals surface area contributed by atoms with Crippen LogP contribution >= 0.6 is 11.3 Å². The highest BCUT2D eigenvalue weighted by Crippen LogP contribution is 2.26. The fraction of sp³-hybridized carbons (Fsp3) is 0.750. The molecule has 2 heteroatoms. The fourth-order valence-electron chi connectivity index (χ4n) is 3.07. The SMILES string of the molecule is CCc1ccsc1CNC1CCCC(CC)CC1. The van der Waals surface area contributed by atoms with E-state index < -0.39 is 0 Å². The molecule has 1 aromatic rings. The van der Waals surface area contributed by atoms with Gasteiger partial charge in [0.15, 0.2) is 0 Å². The number of thiophene rings is 1. The zero-order chi connectivity index (χ0) is 12.8. The van der Waals surface area contributed by atoms with E-state index in [2.05, 4.69) is 30.6 Å². The molecule has 2 rings (SSSR count). The van der Waals surface area contributed by atoms with Crippen molar-refractivity contribution in [3.05, 3.63) is 21.9 Å². The van der Waals surface area contributed by atoms with Crippen LogP contribution in [-0.4, -0.2) is 6.04 Å². The van der Waals surface area contributed by atoms with Gasteiger partial charge in [0.25, 0.3) is 0 Å². The van der Waals surface area contributed by atoms with Crippen LogP contribution in [0.15, 0.2) is 11.4 Å². The highest BCUT2D eigenvalue weighted by Gasteiger charge is 2.17. The van der Waals surface area contributed by atoms with E-state index in [1.54, 1.807) is 4.88 Å². The van der Waals surface area contributed by atoms with Gasteiger partial charge in [-0.1, -0.05) is 33.1 Å². The van der Waals surface area contributed by atoms with E-state index in [1.807, 2.05) is 11.3 Å². The molecule has 1 fully saturated rings. The topological polar surface area (TPSA) is 12.0 Å². The molecule has 0 aromatic carbocycles. The van der Waals surface area contributed by atoms with Crippen LogP contribution in [0.2, 0.25) is 0 Å². The highest BCUT2D eigenvalue weighted by atomic mass is 32.1. The van der Waals surface area contributed by atoms with E-state index in [9.17, 15) is 0 Å². The average Bonchev–Trinajstić information content (AvgIpc) is 2.73. The lowest BCUT2D eigenvalue weighted by Crippen LogP contribution is -2.27. The molecule has 2 unspecified atom stereocenters. The van der Waals surface area contributed by atoms with Gasteiger partial charge in [0, 0.05) is 17.5 Å². The molecule has 1 heterocycles. The molecule has 1 N–H and O–H groups in total. The molecular weight excluding hydrogens is 238 g/mol. The van der Waals surface area contributed by atoms with E-state index in [0.29, 0.717) is 0 Å². The zero-order valence-electron chi connectivity index (χ0n) is 11.9. The lowest BCUT2D eigenvalue weighted by Gasteiger charge is -2.16. The van der Waals surface area contributed by atoms with Crippen LogP contribution in [0.1, 0.15) is 62.8 Å². The Hall–Kier alpha value is -0.340. The van der Waals surface area contributed by atoms with Crippen molar-refractivity contribution >= 4 is 11.3 Å². The maximum absolute atomic E-state index is 3.79. The Balaban J connectivity index is 1.79. The summed E-state index contributed by atoms with van der Waals surface area (Å²) in [7, 11) is 0. The normalized spacial score (nSPS) is 25.0. The van der Waals surface area contributed by atoms with Gasteiger partial charge in [-0.2, -0.15) is 0 Å². The molecule has 1 aliphatic rings. The Bertz CT molecular complexity index is 345. The van der Waals surface area contributed by atoms with Gasteiger partial charge >= 0.3 is 0 Å². The zero-order valence-corrected chi connectivity index (χ0v) is 12.7. The molecule has 0 spiro atoms. The monoisotopic (exact) mass is 265 g/mol. The second-order valence-corrected chi connectivity index (χ2v) is 6.58. The summed E-state index contributed by atoms with van der Waals surface area (Å²) < 4.78 is 0. The van der Waals surface area contributed by atoms with Gasteiger partial charge in [-0.25, -0.2) is 0 Å². The van der Waals surface area contributed by atoms with Crippen LogP contribution in [0.4, 0.5) is 0 Å². The second-order valence-electron chi connectivity index (χ2n) is 5.58. The maximum Gasteiger partial charge on any atom is 0.0305 e. The third-order valence-electron chi connectivity index (χ3n) is 4.44. The Morgan fingerprint density at radius 1 is 1.22 bits per heavy atom. The molecule has 0 saturated heterocycles. The van der Waals surface area contributed by atoms with Crippen LogP contribution in [0.3, 0.4) is 0 Å². The summed E-state index contributed by atoms with van der Waals surface area (Å²) in [5.41, 5.74) is 1.53. The van der Waals surface area contributed by atoms with Gasteiger partial charge < -0.3 is 5.32 Å². The molecule has 2 atom stereocenters. The van der Waals surface area contributed by atoms with Crippen LogP contribution in [0.5, 0.6) is 0 Å². The fourth-order valence-corrected chi connectivity index (χ4v) is 3.99. The third-order valence-corrected chi connectivity index (χ3v) is 5.40. The highest BCUT2D eigenvalue weighted by molar-refractivity contribution is 7.10. The van der Waals surface area contributed by atoms with Crippen LogP contribution in [-0.2, 0) is 13.0 Å². The van der Waals surface area contributed by atoms with Crippen molar-refractivity contribution in [3.63, 3.8) is 0 Å². The molecule has 0 amide bonds. The lowest BCUT2D eigenvalue weighted by molar-refractivity contribution is 0.425. The number of rotatable bonds is 5. The van der Waals surface area contributed by atoms with Gasteiger partial charge in [-0.05, 0) is 48.6 Å². The largest absolute Gasteiger partial charge is 0.309 e. The summed E-state index contributed by atoms with van der Waals surface area (Å²) in [6, 6.07) is 3.04. The first-order chi connectivity index (χ1) is 8.83. The molecule has 1 nitrogen and oxygen atoms in total. The quantitative estimate of drug-likeness (QED) is 0.757. The Labute approximate surface area is 116 Å². The minimum atomic E-state index is 0.758. The van der Waals surface area contributed by atoms with Gasteiger partial charge in [0.1, 0.15) is 0 Å². The van der Waals surface area contributed by atoms with Crippen molar-refractivity contribution in [1.29, 1.82) is 0 Å². The van der Waals surface area contributed by atoms with E-state index in [4.69, 9.17) is 0 Å². The summed E-state index contributed by atoms with van der Waals surface area (Å²) in [4.78, 5) is 1.55.